The maximum absolute atomic E-state index is 6.36. The minimum atomic E-state index is 0. The van der Waals surface area contributed by atoms with Crippen LogP contribution in [0.5, 0.6) is 6.01 Å². The topological polar surface area (TPSA) is 73.9 Å². The Morgan fingerprint density at radius 2 is 1.67 bits per heavy atom. The van der Waals surface area contributed by atoms with E-state index in [-0.39, 0.29) is 18.4 Å². The molecule has 0 unspecified atom stereocenters. The van der Waals surface area contributed by atoms with Crippen molar-refractivity contribution in [2.75, 3.05) is 7.11 Å². The van der Waals surface area contributed by atoms with Crippen molar-refractivity contribution >= 4 is 24.0 Å². The Morgan fingerprint density at radius 1 is 1.00 bits per heavy atom. The van der Waals surface area contributed by atoms with Gasteiger partial charge in [-0.2, -0.15) is 9.97 Å². The fourth-order valence-electron chi connectivity index (χ4n) is 2.59. The van der Waals surface area contributed by atoms with Crippen molar-refractivity contribution in [3.05, 3.63) is 58.6 Å². The van der Waals surface area contributed by atoms with Crippen LogP contribution in [-0.2, 0) is 6.54 Å². The second kappa shape index (κ2) is 9.13. The number of ether oxygens (including phenoxy) is 1. The molecule has 3 rings (SSSR count). The van der Waals surface area contributed by atoms with E-state index in [4.69, 9.17) is 22.1 Å². The minimum Gasteiger partial charge on any atom is -0.467 e. The summed E-state index contributed by atoms with van der Waals surface area (Å²) in [4.78, 5) is 13.3. The number of hydrogen-bond donors (Lipinski definition) is 1. The normalized spacial score (nSPS) is 10.6. The van der Waals surface area contributed by atoms with Crippen molar-refractivity contribution in [2.45, 2.75) is 26.3 Å². The van der Waals surface area contributed by atoms with Crippen molar-refractivity contribution in [2.24, 2.45) is 5.73 Å². The molecule has 3 aromatic rings. The van der Waals surface area contributed by atoms with E-state index in [1.807, 2.05) is 24.3 Å². The van der Waals surface area contributed by atoms with E-state index in [2.05, 4.69) is 40.9 Å². The highest BCUT2D eigenvalue weighted by Gasteiger charge is 2.14. The molecule has 1 aromatic heterocycles. The minimum absolute atomic E-state index is 0. The zero-order chi connectivity index (χ0) is 18.7. The largest absolute Gasteiger partial charge is 0.467 e. The summed E-state index contributed by atoms with van der Waals surface area (Å²) in [7, 11) is 1.53. The third kappa shape index (κ3) is 4.75. The number of methoxy groups -OCH3 is 1. The monoisotopic (exact) mass is 404 g/mol. The summed E-state index contributed by atoms with van der Waals surface area (Å²) in [6.45, 7) is 4.73. The van der Waals surface area contributed by atoms with Crippen LogP contribution in [0.3, 0.4) is 0 Å². The molecule has 0 amide bonds. The maximum Gasteiger partial charge on any atom is 0.320 e. The molecular weight excluding hydrogens is 383 g/mol. The van der Waals surface area contributed by atoms with Gasteiger partial charge in [0.2, 0.25) is 0 Å². The molecule has 0 aliphatic heterocycles. The molecule has 2 aromatic carbocycles. The molecule has 0 fully saturated rings. The molecule has 1 heterocycles. The number of benzene rings is 2. The number of rotatable bonds is 5. The Kier molecular flexibility index (Phi) is 7.13. The highest BCUT2D eigenvalue weighted by molar-refractivity contribution is 6.33. The Morgan fingerprint density at radius 3 is 2.26 bits per heavy atom. The van der Waals surface area contributed by atoms with E-state index in [1.54, 1.807) is 6.07 Å². The van der Waals surface area contributed by atoms with E-state index in [0.717, 1.165) is 11.1 Å². The molecule has 0 atom stereocenters. The zero-order valence-corrected chi connectivity index (χ0v) is 17.0. The molecule has 7 heteroatoms. The van der Waals surface area contributed by atoms with Gasteiger partial charge in [0.05, 0.1) is 12.1 Å². The van der Waals surface area contributed by atoms with E-state index < -0.39 is 0 Å². The second-order valence-corrected chi connectivity index (χ2v) is 6.67. The lowest BCUT2D eigenvalue weighted by atomic mass is 10.0. The molecule has 0 bridgehead atoms. The lowest BCUT2D eigenvalue weighted by molar-refractivity contribution is 0.379. The SMILES string of the molecule is COc1nc(-c2ccc(C(C)C)cc2)nc(-c2cc(CN)ccc2Cl)n1.Cl. The average molecular weight is 405 g/mol. The van der Waals surface area contributed by atoms with Gasteiger partial charge in [0, 0.05) is 17.7 Å². The number of halogens is 2. The van der Waals surface area contributed by atoms with Gasteiger partial charge in [-0.15, -0.1) is 12.4 Å². The summed E-state index contributed by atoms with van der Waals surface area (Å²) in [6, 6.07) is 14.0. The molecule has 0 aliphatic rings. The summed E-state index contributed by atoms with van der Waals surface area (Å²) in [6.07, 6.45) is 0. The molecule has 0 saturated heterocycles. The van der Waals surface area contributed by atoms with Crippen molar-refractivity contribution in [3.63, 3.8) is 0 Å². The summed E-state index contributed by atoms with van der Waals surface area (Å²) in [5.74, 6) is 1.46. The Hall–Kier alpha value is -2.21. The highest BCUT2D eigenvalue weighted by Crippen LogP contribution is 2.29. The fraction of sp³-hybridized carbons (Fsp3) is 0.250. The van der Waals surface area contributed by atoms with E-state index in [0.29, 0.717) is 34.7 Å². The molecule has 142 valence electrons. The number of nitrogens with two attached hydrogens (primary N) is 1. The van der Waals surface area contributed by atoms with Crippen LogP contribution in [-0.4, -0.2) is 22.1 Å². The van der Waals surface area contributed by atoms with Crippen LogP contribution in [0.25, 0.3) is 22.8 Å². The summed E-state index contributed by atoms with van der Waals surface area (Å²) >= 11 is 6.36. The van der Waals surface area contributed by atoms with Crippen LogP contribution >= 0.6 is 24.0 Å². The van der Waals surface area contributed by atoms with Gasteiger partial charge in [-0.3, -0.25) is 0 Å². The first kappa shape index (κ1) is 21.1. The quantitative estimate of drug-likeness (QED) is 0.656. The first-order valence-electron chi connectivity index (χ1n) is 8.41. The zero-order valence-electron chi connectivity index (χ0n) is 15.4. The van der Waals surface area contributed by atoms with Gasteiger partial charge in [-0.05, 0) is 29.2 Å². The average Bonchev–Trinajstić information content (AvgIpc) is 2.68. The fourth-order valence-corrected chi connectivity index (χ4v) is 2.79. The van der Waals surface area contributed by atoms with Gasteiger partial charge < -0.3 is 10.5 Å². The van der Waals surface area contributed by atoms with Gasteiger partial charge >= 0.3 is 6.01 Å². The van der Waals surface area contributed by atoms with Gasteiger partial charge in [0.25, 0.3) is 0 Å². The van der Waals surface area contributed by atoms with Gasteiger partial charge in [0.15, 0.2) is 11.6 Å². The summed E-state index contributed by atoms with van der Waals surface area (Å²) < 4.78 is 5.27. The predicted octanol–water partition coefficient (Wildman–Crippen LogP) is 4.87. The smallest absolute Gasteiger partial charge is 0.320 e. The molecule has 0 aliphatic carbocycles. The van der Waals surface area contributed by atoms with Crippen LogP contribution < -0.4 is 10.5 Å². The number of hydrogen-bond acceptors (Lipinski definition) is 5. The standard InChI is InChI=1S/C20H21ClN4O.ClH/c1-12(2)14-5-7-15(8-6-14)18-23-19(25-20(24-18)26-3)16-10-13(11-22)4-9-17(16)21;/h4-10,12H,11,22H2,1-3H3;1H. The molecule has 0 saturated carbocycles. The lowest BCUT2D eigenvalue weighted by Gasteiger charge is -2.10. The third-order valence-electron chi connectivity index (χ3n) is 4.14. The van der Waals surface area contributed by atoms with E-state index in [1.165, 1.54) is 12.7 Å². The van der Waals surface area contributed by atoms with Gasteiger partial charge in [0.1, 0.15) is 0 Å². The molecule has 0 spiro atoms. The Balaban J connectivity index is 0.00000261. The number of aromatic nitrogens is 3. The molecule has 2 N–H and O–H groups in total. The summed E-state index contributed by atoms with van der Waals surface area (Å²) in [5, 5.41) is 0.552. The van der Waals surface area contributed by atoms with Crippen molar-refractivity contribution in [1.82, 2.24) is 15.0 Å². The van der Waals surface area contributed by atoms with E-state index >= 15 is 0 Å². The van der Waals surface area contributed by atoms with Crippen LogP contribution in [0, 0.1) is 0 Å². The third-order valence-corrected chi connectivity index (χ3v) is 4.47. The van der Waals surface area contributed by atoms with Crippen LogP contribution in [0.1, 0.15) is 30.9 Å². The second-order valence-electron chi connectivity index (χ2n) is 6.26. The van der Waals surface area contributed by atoms with E-state index in [9.17, 15) is 0 Å². The van der Waals surface area contributed by atoms with Crippen molar-refractivity contribution in [3.8, 4) is 28.8 Å². The van der Waals surface area contributed by atoms with Crippen LogP contribution in [0.2, 0.25) is 5.02 Å². The Bertz CT molecular complexity index is 914. The first-order chi connectivity index (χ1) is 12.5. The van der Waals surface area contributed by atoms with Crippen molar-refractivity contribution < 1.29 is 4.74 Å². The number of nitrogens with zero attached hydrogens (tertiary/aromatic N) is 3. The Labute approximate surface area is 170 Å². The molecular formula is C20H22Cl2N4O. The van der Waals surface area contributed by atoms with Crippen molar-refractivity contribution in [1.29, 1.82) is 0 Å². The predicted molar refractivity (Wildman–Crippen MR) is 111 cm³/mol. The van der Waals surface area contributed by atoms with Crippen LogP contribution in [0.15, 0.2) is 42.5 Å². The highest BCUT2D eigenvalue weighted by atomic mass is 35.5. The van der Waals surface area contributed by atoms with Crippen LogP contribution in [0.4, 0.5) is 0 Å². The van der Waals surface area contributed by atoms with Gasteiger partial charge in [-0.25, -0.2) is 4.98 Å². The molecule has 27 heavy (non-hydrogen) atoms. The molecule has 5 nitrogen and oxygen atoms in total. The molecule has 0 radical (unpaired) electrons. The summed E-state index contributed by atoms with van der Waals surface area (Å²) in [5.41, 5.74) is 9.55. The first-order valence-corrected chi connectivity index (χ1v) is 8.79. The lowest BCUT2D eigenvalue weighted by Crippen LogP contribution is -2.02. The van der Waals surface area contributed by atoms with Gasteiger partial charge in [-0.1, -0.05) is 55.8 Å². The maximum atomic E-state index is 6.36.